The highest BCUT2D eigenvalue weighted by Gasteiger charge is 2.22. The zero-order valence-electron chi connectivity index (χ0n) is 7.44. The quantitative estimate of drug-likeness (QED) is 0.850. The highest BCUT2D eigenvalue weighted by atomic mass is 127. The van der Waals surface area contributed by atoms with Crippen molar-refractivity contribution < 1.29 is 9.90 Å². The summed E-state index contributed by atoms with van der Waals surface area (Å²) in [5, 5.41) is 9.01. The van der Waals surface area contributed by atoms with Crippen LogP contribution in [0.3, 0.4) is 0 Å². The number of carboxylic acids is 1. The van der Waals surface area contributed by atoms with Crippen molar-refractivity contribution in [3.63, 3.8) is 0 Å². The summed E-state index contributed by atoms with van der Waals surface area (Å²) in [4.78, 5) is 11.0. The van der Waals surface area contributed by atoms with Crippen LogP contribution in [0.2, 0.25) is 0 Å². The van der Waals surface area contributed by atoms with E-state index in [4.69, 9.17) is 5.11 Å². The number of carboxylic acid groups (broad SMARTS) is 1. The van der Waals surface area contributed by atoms with E-state index in [1.165, 1.54) is 0 Å². The molecule has 76 valence electrons. The van der Waals surface area contributed by atoms with E-state index in [0.717, 1.165) is 21.5 Å². The monoisotopic (exact) mass is 323 g/mol. The van der Waals surface area contributed by atoms with Gasteiger partial charge in [0.25, 0.3) is 0 Å². The average Bonchev–Trinajstić information content (AvgIpc) is 2.70. The molecule has 1 fully saturated rings. The van der Waals surface area contributed by atoms with Crippen molar-refractivity contribution in [2.45, 2.75) is 12.5 Å². The van der Waals surface area contributed by atoms with Gasteiger partial charge in [-0.15, -0.1) is 0 Å². The molecule has 0 saturated carbocycles. The molecule has 0 aliphatic carbocycles. The second-order valence-corrected chi connectivity index (χ2v) is 5.67. The smallest absolute Gasteiger partial charge is 0.352 e. The second kappa shape index (κ2) is 4.14. The molecule has 2 heterocycles. The van der Waals surface area contributed by atoms with Gasteiger partial charge in [-0.25, -0.2) is 4.79 Å². The molecule has 2 rings (SSSR count). The Balaban J connectivity index is 2.35. The zero-order valence-corrected chi connectivity index (χ0v) is 10.4. The van der Waals surface area contributed by atoms with Crippen LogP contribution in [0.4, 0.5) is 0 Å². The maximum Gasteiger partial charge on any atom is 0.352 e. The number of hydrogen-bond acceptors (Lipinski definition) is 2. The van der Waals surface area contributed by atoms with E-state index in [-0.39, 0.29) is 0 Å². The standard InChI is InChI=1S/C9H10INO2S/c10-6-3-8(9(12)13)11(4-6)7-1-2-14-5-7/h3-4,7H,1-2,5H2,(H,12,13). The molecule has 1 saturated heterocycles. The van der Waals surface area contributed by atoms with E-state index >= 15 is 0 Å². The zero-order chi connectivity index (χ0) is 10.1. The Hall–Kier alpha value is -0.170. The summed E-state index contributed by atoms with van der Waals surface area (Å²) < 4.78 is 2.90. The minimum atomic E-state index is -0.829. The highest BCUT2D eigenvalue weighted by molar-refractivity contribution is 14.1. The normalized spacial score (nSPS) is 21.4. The number of aromatic nitrogens is 1. The molecule has 0 bridgehead atoms. The predicted octanol–water partition coefficient (Wildman–Crippen LogP) is 2.47. The predicted molar refractivity (Wildman–Crippen MR) is 65.1 cm³/mol. The van der Waals surface area contributed by atoms with Gasteiger partial charge in [0, 0.05) is 21.6 Å². The molecule has 0 radical (unpaired) electrons. The van der Waals surface area contributed by atoms with Crippen LogP contribution >= 0.6 is 34.4 Å². The highest BCUT2D eigenvalue weighted by Crippen LogP contribution is 2.30. The first-order valence-electron chi connectivity index (χ1n) is 4.37. The summed E-state index contributed by atoms with van der Waals surface area (Å²) in [7, 11) is 0. The van der Waals surface area contributed by atoms with Crippen molar-refractivity contribution in [3.05, 3.63) is 21.5 Å². The lowest BCUT2D eigenvalue weighted by atomic mass is 10.2. The minimum absolute atomic E-state index is 0.370. The molecule has 3 nitrogen and oxygen atoms in total. The van der Waals surface area contributed by atoms with Crippen LogP contribution in [0.25, 0.3) is 0 Å². The number of hydrogen-bond donors (Lipinski definition) is 1. The van der Waals surface area contributed by atoms with Gasteiger partial charge in [-0.3, -0.25) is 0 Å². The maximum absolute atomic E-state index is 11.0. The molecule has 1 aliphatic heterocycles. The lowest BCUT2D eigenvalue weighted by Crippen LogP contribution is -2.13. The summed E-state index contributed by atoms with van der Waals surface area (Å²) in [5.41, 5.74) is 0.418. The molecule has 1 N–H and O–H groups in total. The molecule has 14 heavy (non-hydrogen) atoms. The van der Waals surface area contributed by atoms with Crippen molar-refractivity contribution in [1.82, 2.24) is 4.57 Å². The van der Waals surface area contributed by atoms with Gasteiger partial charge >= 0.3 is 5.97 Å². The number of carbonyl (C=O) groups is 1. The van der Waals surface area contributed by atoms with E-state index in [1.807, 2.05) is 22.5 Å². The van der Waals surface area contributed by atoms with E-state index in [2.05, 4.69) is 22.6 Å². The third-order valence-electron chi connectivity index (χ3n) is 2.33. The molecule has 1 aliphatic rings. The number of rotatable bonds is 2. The summed E-state index contributed by atoms with van der Waals surface area (Å²) in [5.74, 6) is 1.34. The molecule has 1 aromatic rings. The fourth-order valence-electron chi connectivity index (χ4n) is 1.66. The molecule has 1 atom stereocenters. The van der Waals surface area contributed by atoms with Gasteiger partial charge in [0.1, 0.15) is 5.69 Å². The average molecular weight is 323 g/mol. The number of halogens is 1. The fourth-order valence-corrected chi connectivity index (χ4v) is 3.46. The van der Waals surface area contributed by atoms with Gasteiger partial charge in [-0.05, 0) is 40.8 Å². The van der Waals surface area contributed by atoms with Crippen LogP contribution in [0.1, 0.15) is 23.0 Å². The van der Waals surface area contributed by atoms with Crippen molar-refractivity contribution >= 4 is 40.3 Å². The summed E-state index contributed by atoms with van der Waals surface area (Å²) in [6, 6.07) is 2.10. The van der Waals surface area contributed by atoms with Crippen LogP contribution < -0.4 is 0 Å². The molecule has 0 spiro atoms. The molecule has 0 aromatic carbocycles. The third-order valence-corrected chi connectivity index (χ3v) is 4.07. The first-order valence-corrected chi connectivity index (χ1v) is 6.60. The summed E-state index contributed by atoms with van der Waals surface area (Å²) >= 11 is 4.05. The third kappa shape index (κ3) is 1.93. The van der Waals surface area contributed by atoms with E-state index < -0.39 is 5.97 Å². The second-order valence-electron chi connectivity index (χ2n) is 3.27. The minimum Gasteiger partial charge on any atom is -0.477 e. The molecule has 5 heteroatoms. The topological polar surface area (TPSA) is 42.2 Å². The van der Waals surface area contributed by atoms with Gasteiger partial charge in [0.15, 0.2) is 0 Å². The number of aromatic carboxylic acids is 1. The van der Waals surface area contributed by atoms with Crippen molar-refractivity contribution in [1.29, 1.82) is 0 Å². The Kier molecular flexibility index (Phi) is 3.06. The summed E-state index contributed by atoms with van der Waals surface area (Å²) in [6.45, 7) is 0. The Labute approximate surface area is 100 Å². The van der Waals surface area contributed by atoms with Crippen LogP contribution in [-0.2, 0) is 0 Å². The number of thioether (sulfide) groups is 1. The van der Waals surface area contributed by atoms with Gasteiger partial charge in [0.2, 0.25) is 0 Å². The van der Waals surface area contributed by atoms with Gasteiger partial charge < -0.3 is 9.67 Å². The van der Waals surface area contributed by atoms with Crippen molar-refractivity contribution in [2.75, 3.05) is 11.5 Å². The van der Waals surface area contributed by atoms with Gasteiger partial charge in [-0.1, -0.05) is 0 Å². The van der Waals surface area contributed by atoms with Crippen molar-refractivity contribution in [3.8, 4) is 0 Å². The van der Waals surface area contributed by atoms with Crippen LogP contribution in [-0.4, -0.2) is 27.1 Å². The van der Waals surface area contributed by atoms with Gasteiger partial charge in [-0.2, -0.15) is 11.8 Å². The maximum atomic E-state index is 11.0. The number of nitrogens with zero attached hydrogens (tertiary/aromatic N) is 1. The molecule has 1 unspecified atom stereocenters. The Morgan fingerprint density at radius 3 is 3.07 bits per heavy atom. The Bertz CT molecular complexity index is 358. The van der Waals surface area contributed by atoms with Crippen LogP contribution in [0.5, 0.6) is 0 Å². The Morgan fingerprint density at radius 2 is 2.50 bits per heavy atom. The van der Waals surface area contributed by atoms with E-state index in [1.54, 1.807) is 6.07 Å². The first kappa shape index (κ1) is 10.4. The van der Waals surface area contributed by atoms with E-state index in [9.17, 15) is 4.79 Å². The van der Waals surface area contributed by atoms with Crippen LogP contribution in [0, 0.1) is 3.57 Å². The largest absolute Gasteiger partial charge is 0.477 e. The summed E-state index contributed by atoms with van der Waals surface area (Å²) in [6.07, 6.45) is 3.01. The van der Waals surface area contributed by atoms with Crippen LogP contribution in [0.15, 0.2) is 12.3 Å². The fraction of sp³-hybridized carbons (Fsp3) is 0.444. The molecular formula is C9H10INO2S. The lowest BCUT2D eigenvalue weighted by Gasteiger charge is -2.12. The molecule has 0 amide bonds. The molecular weight excluding hydrogens is 313 g/mol. The first-order chi connectivity index (χ1) is 6.68. The molecule has 1 aromatic heterocycles. The Morgan fingerprint density at radius 1 is 1.71 bits per heavy atom. The SMILES string of the molecule is O=C(O)c1cc(I)cn1C1CCSC1. The van der Waals surface area contributed by atoms with E-state index in [0.29, 0.717) is 11.7 Å². The van der Waals surface area contributed by atoms with Crippen molar-refractivity contribution in [2.24, 2.45) is 0 Å². The lowest BCUT2D eigenvalue weighted by molar-refractivity contribution is 0.0683. The van der Waals surface area contributed by atoms with Gasteiger partial charge in [0.05, 0.1) is 0 Å².